The van der Waals surface area contributed by atoms with Crippen molar-refractivity contribution >= 4 is 51.3 Å². The van der Waals surface area contributed by atoms with Crippen molar-refractivity contribution in [1.29, 1.82) is 0 Å². The number of hydrogen-bond acceptors (Lipinski definition) is 13. The van der Waals surface area contributed by atoms with Gasteiger partial charge in [0.2, 0.25) is 29.5 Å². The Morgan fingerprint density at radius 3 is 1.66 bits per heavy atom. The fourth-order valence-electron chi connectivity index (χ4n) is 7.58. The van der Waals surface area contributed by atoms with Crippen molar-refractivity contribution < 1.29 is 51.8 Å². The highest BCUT2D eigenvalue weighted by molar-refractivity contribution is 7.90. The van der Waals surface area contributed by atoms with Gasteiger partial charge >= 0.3 is 11.9 Å². The zero-order chi connectivity index (χ0) is 52.0. The molecule has 3 aromatic rings. The molecule has 3 rings (SSSR count). The monoisotopic (exact) mass is 1010 g/mol. The molecule has 6 unspecified atom stereocenters. The number of nitrogens with two attached hydrogens (primary N) is 2. The van der Waals surface area contributed by atoms with E-state index in [9.17, 15) is 47.1 Å². The molecule has 20 nitrogen and oxygen atoms in total. The van der Waals surface area contributed by atoms with Crippen LogP contribution in [-0.4, -0.2) is 126 Å². The van der Waals surface area contributed by atoms with Gasteiger partial charge in [-0.25, -0.2) is 18.2 Å². The van der Waals surface area contributed by atoms with Crippen LogP contribution in [0.3, 0.4) is 0 Å². The van der Waals surface area contributed by atoms with Gasteiger partial charge in [-0.1, -0.05) is 113 Å². The average Bonchev–Trinajstić information content (AvgIpc) is 3.86. The molecule has 0 radical (unpaired) electrons. The van der Waals surface area contributed by atoms with Crippen LogP contribution in [0.5, 0.6) is 0 Å². The fourth-order valence-corrected chi connectivity index (χ4v) is 8.26. The van der Waals surface area contributed by atoms with Crippen LogP contribution in [0.4, 0.5) is 0 Å². The van der Waals surface area contributed by atoms with E-state index < -0.39 is 106 Å². The molecular weight excluding hydrogens is 935 g/mol. The highest BCUT2D eigenvalue weighted by Gasteiger charge is 2.34. The number of imidazole rings is 1. The van der Waals surface area contributed by atoms with Gasteiger partial charge in [-0.2, -0.15) is 0 Å². The lowest BCUT2D eigenvalue weighted by Crippen LogP contribution is -2.60. The van der Waals surface area contributed by atoms with Crippen molar-refractivity contribution in [3.8, 4) is 0 Å². The third-order valence-electron chi connectivity index (χ3n) is 11.6. The molecule has 0 aliphatic heterocycles. The Labute approximate surface area is 417 Å². The molecule has 392 valence electrons. The maximum absolute atomic E-state index is 14.5. The predicted molar refractivity (Wildman–Crippen MR) is 268 cm³/mol. The molecule has 11 N–H and O–H groups in total. The Hall–Kier alpha value is -6.19. The highest BCUT2D eigenvalue weighted by atomic mass is 32.2. The Morgan fingerprint density at radius 2 is 1.13 bits per heavy atom. The second-order valence-corrected chi connectivity index (χ2v) is 20.1. The van der Waals surface area contributed by atoms with Crippen LogP contribution >= 0.6 is 0 Å². The minimum atomic E-state index is -3.49. The van der Waals surface area contributed by atoms with Crippen LogP contribution in [0.2, 0.25) is 0 Å². The number of ether oxygens (including phenoxy) is 1. The first-order valence-corrected chi connectivity index (χ1v) is 26.6. The summed E-state index contributed by atoms with van der Waals surface area (Å²) in [7, 11) is -3.49. The van der Waals surface area contributed by atoms with Crippen molar-refractivity contribution in [1.82, 2.24) is 36.6 Å². The maximum atomic E-state index is 14.5. The zero-order valence-corrected chi connectivity index (χ0v) is 41.9. The molecule has 5 amide bonds. The van der Waals surface area contributed by atoms with Gasteiger partial charge in [-0.15, -0.1) is 0 Å². The summed E-state index contributed by atoms with van der Waals surface area (Å²) in [5.41, 5.74) is 13.5. The van der Waals surface area contributed by atoms with E-state index >= 15 is 0 Å². The number of H-pyrrole nitrogens is 1. The molecule has 2 aromatic carbocycles. The van der Waals surface area contributed by atoms with Crippen molar-refractivity contribution in [2.24, 2.45) is 11.5 Å². The van der Waals surface area contributed by atoms with Crippen LogP contribution in [0.15, 0.2) is 73.2 Å². The fraction of sp³-hybridized carbons (Fsp3) is 0.560. The van der Waals surface area contributed by atoms with Gasteiger partial charge in [0, 0.05) is 43.8 Å². The molecule has 0 aliphatic rings. The van der Waals surface area contributed by atoms with Gasteiger partial charge in [0.15, 0.2) is 0 Å². The van der Waals surface area contributed by atoms with Crippen LogP contribution in [0.1, 0.15) is 114 Å². The summed E-state index contributed by atoms with van der Waals surface area (Å²) in [5.74, 6) is -6.46. The third kappa shape index (κ3) is 24.5. The van der Waals surface area contributed by atoms with Crippen molar-refractivity contribution in [2.75, 3.05) is 25.2 Å². The number of carbonyl (C=O) groups excluding carboxylic acids is 6. The Balaban J connectivity index is 1.88. The van der Waals surface area contributed by atoms with Crippen LogP contribution in [0.25, 0.3) is 0 Å². The van der Waals surface area contributed by atoms with E-state index in [-0.39, 0.29) is 38.7 Å². The summed E-state index contributed by atoms with van der Waals surface area (Å²) in [6.07, 6.45) is 11.9. The number of sulfone groups is 1. The van der Waals surface area contributed by atoms with E-state index in [0.717, 1.165) is 31.1 Å². The first-order chi connectivity index (χ1) is 34.0. The minimum absolute atomic E-state index is 0.0648. The van der Waals surface area contributed by atoms with Crippen LogP contribution in [-0.2, 0) is 67.4 Å². The lowest BCUT2D eigenvalue weighted by atomic mass is 10.0. The molecule has 1 heterocycles. The van der Waals surface area contributed by atoms with Crippen LogP contribution in [0, 0.1) is 0 Å². The molecule has 0 saturated carbocycles. The third-order valence-corrected chi connectivity index (χ3v) is 12.6. The number of esters is 1. The molecule has 0 aliphatic carbocycles. The first kappa shape index (κ1) is 59.1. The Kier molecular flexibility index (Phi) is 27.2. The van der Waals surface area contributed by atoms with E-state index in [2.05, 4.69) is 43.5 Å². The number of nitrogens with one attached hydrogen (secondary N) is 6. The van der Waals surface area contributed by atoms with E-state index in [0.29, 0.717) is 37.1 Å². The number of aromatic amines is 1. The van der Waals surface area contributed by atoms with E-state index in [4.69, 9.17) is 16.2 Å². The van der Waals surface area contributed by atoms with Crippen molar-refractivity contribution in [2.45, 2.75) is 152 Å². The number of nitrogens with zero attached hydrogens (tertiary/aromatic N) is 1. The molecule has 6 atom stereocenters. The van der Waals surface area contributed by atoms with Gasteiger partial charge in [0.25, 0.3) is 0 Å². The summed E-state index contributed by atoms with van der Waals surface area (Å²) >= 11 is 0. The second kappa shape index (κ2) is 32.6. The molecule has 21 heteroatoms. The van der Waals surface area contributed by atoms with E-state index in [1.807, 2.05) is 30.3 Å². The average molecular weight is 1010 g/mol. The minimum Gasteiger partial charge on any atom is -0.481 e. The van der Waals surface area contributed by atoms with Crippen molar-refractivity contribution in [3.63, 3.8) is 0 Å². The number of aromatic nitrogens is 2. The standard InChI is InChI=1S/C50H75N9O11S/c1-3-4-5-6-7-8-9-18-28-70-50(67)43(31-36-21-14-11-15-22-36)59-46(63)39(23-16-17-27-51)56-48(65)41(30-35-19-12-10-13-20-35)57-49(66)42(32-37-33-53-34-54-37)58-47(64)40(24-25-44(60)61)55-45(62)38(52)26-29-71(2,68)69/h10-15,19-22,33-34,38-43H,3-9,16-18,23-32,51-52H2,1-2H3,(H,53,54)(H,55,62)(H,56,65)(H,57,66)(H,58,64)(H,59,63)(H,60,61). The number of aliphatic carboxylic acids is 1. The number of carbonyl (C=O) groups is 7. The molecule has 0 fully saturated rings. The number of carboxylic acids is 1. The Morgan fingerprint density at radius 1 is 0.634 bits per heavy atom. The number of amides is 5. The molecule has 0 saturated heterocycles. The van der Waals surface area contributed by atoms with Gasteiger partial charge in [-0.3, -0.25) is 28.8 Å². The van der Waals surface area contributed by atoms with Gasteiger partial charge in [-0.05, 0) is 56.2 Å². The number of rotatable bonds is 36. The molecule has 0 spiro atoms. The van der Waals surface area contributed by atoms with E-state index in [1.54, 1.807) is 30.3 Å². The molecule has 71 heavy (non-hydrogen) atoms. The molecule has 0 bridgehead atoms. The van der Waals surface area contributed by atoms with E-state index in [1.165, 1.54) is 38.2 Å². The topological polar surface area (TPSA) is 324 Å². The summed E-state index contributed by atoms with van der Waals surface area (Å²) in [4.78, 5) is 102. The lowest BCUT2D eigenvalue weighted by Gasteiger charge is -2.27. The van der Waals surface area contributed by atoms with Crippen LogP contribution < -0.4 is 38.1 Å². The van der Waals surface area contributed by atoms with Gasteiger partial charge in [0.05, 0.1) is 24.7 Å². The SMILES string of the molecule is CCCCCCCCCCOC(=O)C(Cc1ccccc1)NC(=O)C(CCCCN)NC(=O)C(Cc1ccccc1)NC(=O)C(Cc1cnc[nH]1)NC(=O)C(CCC(=O)O)NC(=O)C(N)CCS(C)(=O)=O. The van der Waals surface area contributed by atoms with Gasteiger partial charge in [0.1, 0.15) is 40.0 Å². The predicted octanol–water partition coefficient (Wildman–Crippen LogP) is 2.30. The zero-order valence-electron chi connectivity index (χ0n) is 41.1. The number of benzene rings is 2. The smallest absolute Gasteiger partial charge is 0.328 e. The maximum Gasteiger partial charge on any atom is 0.328 e. The summed E-state index contributed by atoms with van der Waals surface area (Å²) in [6.45, 7) is 2.68. The summed E-state index contributed by atoms with van der Waals surface area (Å²) in [6, 6.07) is 9.93. The molecule has 1 aromatic heterocycles. The number of unbranched alkanes of at least 4 members (excludes halogenated alkanes) is 8. The molecular formula is C50H75N9O11S. The summed E-state index contributed by atoms with van der Waals surface area (Å²) in [5, 5.41) is 22.8. The number of hydrogen-bond donors (Lipinski definition) is 9. The lowest BCUT2D eigenvalue weighted by molar-refractivity contribution is -0.148. The second-order valence-electron chi connectivity index (χ2n) is 17.9. The summed E-state index contributed by atoms with van der Waals surface area (Å²) < 4.78 is 29.1. The number of carboxylic acid groups (broad SMARTS) is 1. The van der Waals surface area contributed by atoms with Gasteiger partial charge < -0.3 is 52.9 Å². The quantitative estimate of drug-likeness (QED) is 0.0298. The Bertz CT molecular complexity index is 2200. The van der Waals surface area contributed by atoms with Crippen molar-refractivity contribution in [3.05, 3.63) is 90.0 Å². The largest absolute Gasteiger partial charge is 0.481 e. The normalized spacial score (nSPS) is 13.9. The highest BCUT2D eigenvalue weighted by Crippen LogP contribution is 2.13. The first-order valence-electron chi connectivity index (χ1n) is 24.6.